The number of rotatable bonds is 3. The zero-order valence-corrected chi connectivity index (χ0v) is 11.5. The van der Waals surface area contributed by atoms with Gasteiger partial charge in [-0.15, -0.1) is 0 Å². The Hall–Kier alpha value is -0.450. The summed E-state index contributed by atoms with van der Waals surface area (Å²) in [5, 5.41) is 0.639. The van der Waals surface area contributed by atoms with Crippen molar-refractivity contribution in [1.29, 1.82) is 0 Å². The lowest BCUT2D eigenvalue weighted by Gasteiger charge is -2.21. The van der Waals surface area contributed by atoms with Crippen molar-refractivity contribution in [2.75, 3.05) is 0 Å². The maximum atomic E-state index is 11.9. The highest BCUT2D eigenvalue weighted by molar-refractivity contribution is 7.84. The molecule has 1 heterocycles. The first-order valence-electron chi connectivity index (χ1n) is 5.10. The Bertz CT molecular complexity index is 390. The van der Waals surface area contributed by atoms with Gasteiger partial charge >= 0.3 is 0 Å². The van der Waals surface area contributed by atoms with Gasteiger partial charge in [-0.25, -0.2) is 8.93 Å². The first kappa shape index (κ1) is 13.6. The third kappa shape index (κ3) is 3.85. The second-order valence-electron chi connectivity index (χ2n) is 4.62. The van der Waals surface area contributed by atoms with Crippen LogP contribution in [0, 0.1) is 0 Å². The van der Waals surface area contributed by atoms with E-state index in [9.17, 15) is 4.21 Å². The van der Waals surface area contributed by atoms with Crippen LogP contribution in [0.4, 0.5) is 0 Å². The minimum Gasteiger partial charge on any atom is -0.260 e. The lowest BCUT2D eigenvalue weighted by atomic mass is 10.2. The molecule has 0 radical (unpaired) electrons. The smallest absolute Gasteiger partial charge is 0.0976 e. The van der Waals surface area contributed by atoms with E-state index >= 15 is 0 Å². The van der Waals surface area contributed by atoms with E-state index in [2.05, 4.69) is 9.71 Å². The minimum absolute atomic E-state index is 0.0845. The van der Waals surface area contributed by atoms with Crippen LogP contribution in [-0.2, 0) is 11.0 Å². The summed E-state index contributed by atoms with van der Waals surface area (Å²) < 4.78 is 14.6. The van der Waals surface area contributed by atoms with Crippen LogP contribution in [0.25, 0.3) is 0 Å². The van der Waals surface area contributed by atoms with Gasteiger partial charge in [-0.05, 0) is 39.8 Å². The summed E-state index contributed by atoms with van der Waals surface area (Å²) in [7, 11) is -1.11. The highest BCUT2D eigenvalue weighted by Gasteiger charge is 2.22. The van der Waals surface area contributed by atoms with Gasteiger partial charge in [-0.2, -0.15) is 0 Å². The summed E-state index contributed by atoms with van der Waals surface area (Å²) in [5.74, 6) is 0. The Kier molecular flexibility index (Phi) is 4.47. The number of nitrogens with one attached hydrogen (secondary N) is 1. The molecular weight excluding hydrogens is 244 g/mol. The van der Waals surface area contributed by atoms with Crippen LogP contribution in [0.15, 0.2) is 18.3 Å². The lowest BCUT2D eigenvalue weighted by molar-refractivity contribution is 0.611. The average Bonchev–Trinajstić information content (AvgIpc) is 2.16. The Morgan fingerprint density at radius 3 is 2.62 bits per heavy atom. The molecule has 16 heavy (non-hydrogen) atoms. The highest BCUT2D eigenvalue weighted by Crippen LogP contribution is 2.17. The van der Waals surface area contributed by atoms with Gasteiger partial charge in [0.15, 0.2) is 0 Å². The van der Waals surface area contributed by atoms with Gasteiger partial charge in [0.05, 0.1) is 27.5 Å². The standard InChI is InChI=1S/C11H17ClN2OS/c1-8(14-16(15)11(2,3)4)10-7-9(12)5-6-13-10/h5-8,14H,1-4H3/t8-,16-/m1/s1. The van der Waals surface area contributed by atoms with Crippen molar-refractivity contribution in [2.24, 2.45) is 0 Å². The van der Waals surface area contributed by atoms with Gasteiger partial charge in [-0.3, -0.25) is 4.98 Å². The summed E-state index contributed by atoms with van der Waals surface area (Å²) in [4.78, 5) is 4.19. The van der Waals surface area contributed by atoms with Crippen LogP contribution in [0.5, 0.6) is 0 Å². The molecule has 0 saturated heterocycles. The number of pyridine rings is 1. The second-order valence-corrected chi connectivity index (χ2v) is 7.05. The van der Waals surface area contributed by atoms with Gasteiger partial charge in [0.25, 0.3) is 0 Å². The van der Waals surface area contributed by atoms with Crippen LogP contribution >= 0.6 is 11.6 Å². The molecule has 0 aliphatic carbocycles. The van der Waals surface area contributed by atoms with E-state index < -0.39 is 11.0 Å². The first-order chi connectivity index (χ1) is 7.30. The highest BCUT2D eigenvalue weighted by atomic mass is 35.5. The number of aromatic nitrogens is 1. The van der Waals surface area contributed by atoms with Crippen molar-refractivity contribution in [1.82, 2.24) is 9.71 Å². The van der Waals surface area contributed by atoms with Crippen molar-refractivity contribution < 1.29 is 4.21 Å². The lowest BCUT2D eigenvalue weighted by Crippen LogP contribution is -2.35. The molecule has 0 aliphatic rings. The molecule has 0 aromatic carbocycles. The summed E-state index contributed by atoms with van der Waals surface area (Å²) in [6.45, 7) is 7.69. The van der Waals surface area contributed by atoms with Gasteiger partial charge < -0.3 is 0 Å². The molecule has 0 amide bonds. The molecule has 1 N–H and O–H groups in total. The number of hydrogen-bond acceptors (Lipinski definition) is 2. The van der Waals surface area contributed by atoms with Gasteiger partial charge in [0.2, 0.25) is 0 Å². The van der Waals surface area contributed by atoms with E-state index in [0.717, 1.165) is 5.69 Å². The molecule has 0 spiro atoms. The molecule has 1 aromatic heterocycles. The van der Waals surface area contributed by atoms with E-state index in [4.69, 9.17) is 11.6 Å². The molecule has 0 aliphatic heterocycles. The average molecular weight is 261 g/mol. The molecule has 2 atom stereocenters. The molecule has 5 heteroatoms. The van der Waals surface area contributed by atoms with E-state index in [1.54, 1.807) is 18.3 Å². The monoisotopic (exact) mass is 260 g/mol. The van der Waals surface area contributed by atoms with E-state index in [1.807, 2.05) is 27.7 Å². The van der Waals surface area contributed by atoms with Crippen molar-refractivity contribution in [3.05, 3.63) is 29.0 Å². The van der Waals surface area contributed by atoms with Gasteiger partial charge in [0.1, 0.15) is 0 Å². The largest absolute Gasteiger partial charge is 0.260 e. The Labute approximate surface area is 104 Å². The third-order valence-corrected chi connectivity index (χ3v) is 3.94. The molecular formula is C11H17ClN2OS. The zero-order valence-electron chi connectivity index (χ0n) is 9.95. The maximum Gasteiger partial charge on any atom is 0.0976 e. The topological polar surface area (TPSA) is 42.0 Å². The van der Waals surface area contributed by atoms with E-state index in [0.29, 0.717) is 5.02 Å². The van der Waals surface area contributed by atoms with Crippen LogP contribution in [0.2, 0.25) is 5.02 Å². The summed E-state index contributed by atoms with van der Waals surface area (Å²) >= 11 is 5.87. The molecule has 1 aromatic rings. The molecule has 0 saturated carbocycles. The molecule has 0 fully saturated rings. The summed E-state index contributed by atoms with van der Waals surface area (Å²) in [6.07, 6.45) is 1.65. The molecule has 90 valence electrons. The SMILES string of the molecule is C[C@@H](N[S@](=O)C(C)(C)C)c1cc(Cl)ccn1. The predicted octanol–water partition coefficient (Wildman–Crippen LogP) is 2.85. The van der Waals surface area contributed by atoms with Crippen LogP contribution in [-0.4, -0.2) is 13.9 Å². The van der Waals surface area contributed by atoms with Gasteiger partial charge in [-0.1, -0.05) is 11.6 Å². The molecule has 0 unspecified atom stereocenters. The maximum absolute atomic E-state index is 11.9. The van der Waals surface area contributed by atoms with Crippen LogP contribution < -0.4 is 4.72 Å². The van der Waals surface area contributed by atoms with Crippen molar-refractivity contribution in [2.45, 2.75) is 38.5 Å². The fourth-order valence-electron chi connectivity index (χ4n) is 1.06. The first-order valence-corrected chi connectivity index (χ1v) is 6.63. The van der Waals surface area contributed by atoms with Crippen LogP contribution in [0.3, 0.4) is 0 Å². The molecule has 1 rings (SSSR count). The van der Waals surface area contributed by atoms with Crippen molar-refractivity contribution >= 4 is 22.6 Å². The second kappa shape index (κ2) is 5.25. The molecule has 0 bridgehead atoms. The fourth-order valence-corrected chi connectivity index (χ4v) is 2.02. The normalized spacial score (nSPS) is 15.8. The quantitative estimate of drug-likeness (QED) is 0.908. The van der Waals surface area contributed by atoms with E-state index in [-0.39, 0.29) is 10.8 Å². The fraction of sp³-hybridized carbons (Fsp3) is 0.545. The van der Waals surface area contributed by atoms with Crippen LogP contribution in [0.1, 0.15) is 39.4 Å². The summed E-state index contributed by atoms with van der Waals surface area (Å²) in [5.41, 5.74) is 0.796. The molecule has 3 nitrogen and oxygen atoms in total. The zero-order chi connectivity index (χ0) is 12.3. The third-order valence-electron chi connectivity index (χ3n) is 2.03. The number of halogens is 1. The van der Waals surface area contributed by atoms with Crippen molar-refractivity contribution in [3.8, 4) is 0 Å². The van der Waals surface area contributed by atoms with Gasteiger partial charge in [0, 0.05) is 11.2 Å². The minimum atomic E-state index is -1.11. The Morgan fingerprint density at radius 1 is 1.50 bits per heavy atom. The predicted molar refractivity (Wildman–Crippen MR) is 68.7 cm³/mol. The summed E-state index contributed by atoms with van der Waals surface area (Å²) in [6, 6.07) is 3.41. The number of nitrogens with zero attached hydrogens (tertiary/aromatic N) is 1. The Morgan fingerprint density at radius 2 is 2.12 bits per heavy atom. The van der Waals surface area contributed by atoms with E-state index in [1.165, 1.54) is 0 Å². The Balaban J connectivity index is 2.73. The number of hydrogen-bond donors (Lipinski definition) is 1. The van der Waals surface area contributed by atoms with Crippen molar-refractivity contribution in [3.63, 3.8) is 0 Å².